The van der Waals surface area contributed by atoms with Gasteiger partial charge in [0.05, 0.1) is 11.5 Å². The summed E-state index contributed by atoms with van der Waals surface area (Å²) in [6.45, 7) is 7.07. The first-order valence-electron chi connectivity index (χ1n) is 8.78. The number of nitrogens with one attached hydrogen (secondary N) is 1. The van der Waals surface area contributed by atoms with Crippen molar-refractivity contribution in [3.05, 3.63) is 21.9 Å². The molecule has 1 fully saturated rings. The van der Waals surface area contributed by atoms with Crippen molar-refractivity contribution < 1.29 is 19.2 Å². The molecule has 26 heavy (non-hydrogen) atoms. The van der Waals surface area contributed by atoms with Gasteiger partial charge in [0.1, 0.15) is 17.5 Å². The summed E-state index contributed by atoms with van der Waals surface area (Å²) in [5.74, 6) is 0.466. The van der Waals surface area contributed by atoms with Gasteiger partial charge in [0, 0.05) is 31.1 Å². The van der Waals surface area contributed by atoms with Crippen molar-refractivity contribution in [3.63, 3.8) is 0 Å². The minimum Gasteiger partial charge on any atom is -0.477 e. The third-order valence-electron chi connectivity index (χ3n) is 4.34. The lowest BCUT2D eigenvalue weighted by Gasteiger charge is -2.35. The smallest absolute Gasteiger partial charge is 0.407 e. The maximum absolute atomic E-state index is 12.0. The summed E-state index contributed by atoms with van der Waals surface area (Å²) in [4.78, 5) is 29.1. The lowest BCUT2D eigenvalue weighted by Crippen LogP contribution is -2.49. The fourth-order valence-corrected chi connectivity index (χ4v) is 3.37. The van der Waals surface area contributed by atoms with Crippen LogP contribution < -0.4 is 15.0 Å². The highest BCUT2D eigenvalue weighted by Crippen LogP contribution is 2.40. The summed E-state index contributed by atoms with van der Waals surface area (Å²) in [5.41, 5.74) is 0.748. The zero-order valence-electron chi connectivity index (χ0n) is 15.3. The molecule has 1 unspecified atom stereocenters. The molecular weight excluding hydrogens is 340 g/mol. The largest absolute Gasteiger partial charge is 0.477 e. The third kappa shape index (κ3) is 3.97. The molecule has 1 N–H and O–H groups in total. The number of ether oxygens (including phenoxy) is 2. The van der Waals surface area contributed by atoms with Crippen molar-refractivity contribution in [3.8, 4) is 5.88 Å². The second-order valence-electron chi connectivity index (χ2n) is 7.56. The molecule has 142 valence electrons. The summed E-state index contributed by atoms with van der Waals surface area (Å²) < 4.78 is 10.8. The SMILES string of the molecule is CC(C)(C)OC(=O)NC1CCCN(c2c([N+](=O)[O-])cnc3c2CCO3)C1. The van der Waals surface area contributed by atoms with E-state index in [-0.39, 0.29) is 11.7 Å². The van der Waals surface area contributed by atoms with Gasteiger partial charge in [-0.1, -0.05) is 0 Å². The van der Waals surface area contributed by atoms with Crippen molar-refractivity contribution in [1.29, 1.82) is 0 Å². The van der Waals surface area contributed by atoms with E-state index in [9.17, 15) is 14.9 Å². The van der Waals surface area contributed by atoms with Gasteiger partial charge in [-0.05, 0) is 33.6 Å². The Balaban J connectivity index is 1.79. The van der Waals surface area contributed by atoms with E-state index in [0.29, 0.717) is 37.7 Å². The monoisotopic (exact) mass is 364 g/mol. The highest BCUT2D eigenvalue weighted by molar-refractivity contribution is 5.71. The maximum atomic E-state index is 12.0. The molecule has 3 heterocycles. The van der Waals surface area contributed by atoms with Crippen LogP contribution in [0.15, 0.2) is 6.20 Å². The summed E-state index contributed by atoms with van der Waals surface area (Å²) in [7, 11) is 0. The number of anilines is 1. The van der Waals surface area contributed by atoms with Crippen LogP contribution in [0.25, 0.3) is 0 Å². The van der Waals surface area contributed by atoms with Crippen LogP contribution in [-0.2, 0) is 11.2 Å². The number of amides is 1. The molecule has 2 aliphatic heterocycles. The van der Waals surface area contributed by atoms with Crippen LogP contribution in [-0.4, -0.2) is 47.3 Å². The summed E-state index contributed by atoms with van der Waals surface area (Å²) in [6, 6.07) is -0.135. The van der Waals surface area contributed by atoms with Gasteiger partial charge in [-0.2, -0.15) is 0 Å². The van der Waals surface area contributed by atoms with Gasteiger partial charge in [0.2, 0.25) is 5.88 Å². The van der Waals surface area contributed by atoms with E-state index in [0.717, 1.165) is 18.4 Å². The molecule has 9 nitrogen and oxygen atoms in total. The first-order chi connectivity index (χ1) is 12.2. The van der Waals surface area contributed by atoms with Gasteiger partial charge >= 0.3 is 11.8 Å². The van der Waals surface area contributed by atoms with Gasteiger partial charge in [-0.3, -0.25) is 10.1 Å². The molecule has 2 aliphatic rings. The van der Waals surface area contributed by atoms with Crippen LogP contribution in [0, 0.1) is 10.1 Å². The number of aromatic nitrogens is 1. The van der Waals surface area contributed by atoms with E-state index in [1.54, 1.807) is 0 Å². The number of hydrogen-bond acceptors (Lipinski definition) is 7. The van der Waals surface area contributed by atoms with Crippen molar-refractivity contribution in [2.24, 2.45) is 0 Å². The molecule has 1 aromatic rings. The number of alkyl carbamates (subject to hydrolysis) is 1. The molecular formula is C17H24N4O5. The van der Waals surface area contributed by atoms with Gasteiger partial charge in [0.15, 0.2) is 0 Å². The average Bonchev–Trinajstić information content (AvgIpc) is 3.00. The standard InChI is InChI=1S/C17H24N4O5/c1-17(2,3)26-16(22)19-11-5-4-7-20(10-11)14-12-6-8-25-15(12)18-9-13(14)21(23)24/h9,11H,4-8,10H2,1-3H3,(H,19,22). The van der Waals surface area contributed by atoms with Gasteiger partial charge in [-0.25, -0.2) is 9.78 Å². The molecule has 3 rings (SSSR count). The first-order valence-corrected chi connectivity index (χ1v) is 8.78. The molecule has 0 saturated carbocycles. The molecule has 9 heteroatoms. The van der Waals surface area contributed by atoms with E-state index in [2.05, 4.69) is 10.3 Å². The average molecular weight is 364 g/mol. The number of pyridine rings is 1. The van der Waals surface area contributed by atoms with E-state index >= 15 is 0 Å². The molecule has 0 radical (unpaired) electrons. The number of carbonyl (C=O) groups is 1. The lowest BCUT2D eigenvalue weighted by molar-refractivity contribution is -0.384. The number of hydrogen-bond donors (Lipinski definition) is 1. The van der Waals surface area contributed by atoms with E-state index in [4.69, 9.17) is 9.47 Å². The first kappa shape index (κ1) is 18.2. The Kier molecular flexibility index (Phi) is 4.88. The summed E-state index contributed by atoms with van der Waals surface area (Å²) in [5, 5.41) is 14.4. The van der Waals surface area contributed by atoms with Gasteiger partial charge in [-0.15, -0.1) is 0 Å². The summed E-state index contributed by atoms with van der Waals surface area (Å²) >= 11 is 0. The Hall–Kier alpha value is -2.58. The number of rotatable bonds is 3. The molecule has 0 spiro atoms. The molecule has 0 bridgehead atoms. The zero-order chi connectivity index (χ0) is 18.9. The predicted molar refractivity (Wildman–Crippen MR) is 94.7 cm³/mol. The highest BCUT2D eigenvalue weighted by atomic mass is 16.6. The second-order valence-corrected chi connectivity index (χ2v) is 7.56. The van der Waals surface area contributed by atoms with Crippen molar-refractivity contribution in [2.45, 2.75) is 51.7 Å². The molecule has 1 atom stereocenters. The Labute approximate surface area is 151 Å². The summed E-state index contributed by atoms with van der Waals surface area (Å²) in [6.07, 6.45) is 3.00. The van der Waals surface area contributed by atoms with E-state index < -0.39 is 16.6 Å². The van der Waals surface area contributed by atoms with E-state index in [1.165, 1.54) is 6.20 Å². The fraction of sp³-hybridized carbons (Fsp3) is 0.647. The van der Waals surface area contributed by atoms with Crippen LogP contribution >= 0.6 is 0 Å². The predicted octanol–water partition coefficient (Wildman–Crippen LogP) is 2.42. The van der Waals surface area contributed by atoms with Crippen LogP contribution in [0.3, 0.4) is 0 Å². The van der Waals surface area contributed by atoms with Crippen molar-refractivity contribution >= 4 is 17.5 Å². The Morgan fingerprint density at radius 2 is 2.27 bits per heavy atom. The van der Waals surface area contributed by atoms with Crippen LogP contribution in [0.2, 0.25) is 0 Å². The Morgan fingerprint density at radius 3 is 2.96 bits per heavy atom. The minimum absolute atomic E-state index is 0.0211. The highest BCUT2D eigenvalue weighted by Gasteiger charge is 2.33. The lowest BCUT2D eigenvalue weighted by atomic mass is 10.0. The molecule has 1 aromatic heterocycles. The normalized spacial score (nSPS) is 19.5. The second kappa shape index (κ2) is 6.97. The van der Waals surface area contributed by atoms with Gasteiger partial charge < -0.3 is 19.7 Å². The van der Waals surface area contributed by atoms with Gasteiger partial charge in [0.25, 0.3) is 0 Å². The fourth-order valence-electron chi connectivity index (χ4n) is 3.37. The van der Waals surface area contributed by atoms with E-state index in [1.807, 2.05) is 25.7 Å². The van der Waals surface area contributed by atoms with Crippen molar-refractivity contribution in [2.75, 3.05) is 24.6 Å². The van der Waals surface area contributed by atoms with Crippen LogP contribution in [0.1, 0.15) is 39.2 Å². The number of fused-ring (bicyclic) bond motifs is 1. The maximum Gasteiger partial charge on any atom is 0.407 e. The molecule has 0 aromatic carbocycles. The molecule has 0 aliphatic carbocycles. The van der Waals surface area contributed by atoms with Crippen LogP contribution in [0.5, 0.6) is 5.88 Å². The molecule has 1 amide bonds. The zero-order valence-corrected chi connectivity index (χ0v) is 15.3. The third-order valence-corrected chi connectivity index (χ3v) is 4.34. The Bertz CT molecular complexity index is 716. The minimum atomic E-state index is -0.569. The van der Waals surface area contributed by atoms with Crippen molar-refractivity contribution in [1.82, 2.24) is 10.3 Å². The topological polar surface area (TPSA) is 107 Å². The number of nitrogens with zero attached hydrogens (tertiary/aromatic N) is 3. The number of nitro groups is 1. The van der Waals surface area contributed by atoms with Crippen LogP contribution in [0.4, 0.5) is 16.2 Å². The molecule has 1 saturated heterocycles. The number of carbonyl (C=O) groups excluding carboxylic acids is 1. The Morgan fingerprint density at radius 1 is 1.50 bits per heavy atom. The number of piperidine rings is 1. The quantitative estimate of drug-likeness (QED) is 0.648.